The van der Waals surface area contributed by atoms with Gasteiger partial charge in [-0.3, -0.25) is 0 Å². The number of halogens is 1. The molecular weight excluding hydrogens is 289 g/mol. The van der Waals surface area contributed by atoms with Gasteiger partial charge >= 0.3 is 0 Å². The molecule has 2 heterocycles. The molecule has 0 fully saturated rings. The Morgan fingerprint density at radius 2 is 2.14 bits per heavy atom. The Balaban J connectivity index is 1.99. The number of nitrogens with zero attached hydrogens (tertiary/aromatic N) is 2. The molecule has 0 saturated carbocycles. The third kappa shape index (κ3) is 2.57. The summed E-state index contributed by atoms with van der Waals surface area (Å²) in [6, 6.07) is 8.43. The molecule has 21 heavy (non-hydrogen) atoms. The lowest BCUT2D eigenvalue weighted by Crippen LogP contribution is -1.92. The summed E-state index contributed by atoms with van der Waals surface area (Å²) in [6.07, 6.45) is 1.63. The van der Waals surface area contributed by atoms with Crippen molar-refractivity contribution in [3.63, 3.8) is 0 Å². The summed E-state index contributed by atoms with van der Waals surface area (Å²) in [5.74, 6) is 0.232. The lowest BCUT2D eigenvalue weighted by molar-refractivity contribution is 0.386. The van der Waals surface area contributed by atoms with Gasteiger partial charge in [-0.2, -0.15) is 0 Å². The van der Waals surface area contributed by atoms with Gasteiger partial charge < -0.3 is 10.5 Å². The minimum absolute atomic E-state index is 0.214. The average molecular weight is 301 g/mol. The van der Waals surface area contributed by atoms with Crippen molar-refractivity contribution in [2.24, 2.45) is 0 Å². The molecule has 0 atom stereocenters. The smallest absolute Gasteiger partial charge is 0.165 e. The van der Waals surface area contributed by atoms with Crippen molar-refractivity contribution in [3.05, 3.63) is 47.7 Å². The number of methoxy groups -OCH3 is 1. The van der Waals surface area contributed by atoms with Crippen molar-refractivity contribution in [1.29, 1.82) is 0 Å². The number of pyridine rings is 1. The average Bonchev–Trinajstić information content (AvgIpc) is 2.97. The molecular formula is C15H12FN3OS. The lowest BCUT2D eigenvalue weighted by Gasteiger charge is -2.03. The van der Waals surface area contributed by atoms with E-state index in [1.54, 1.807) is 24.4 Å². The zero-order chi connectivity index (χ0) is 14.8. The van der Waals surface area contributed by atoms with Gasteiger partial charge in [-0.25, -0.2) is 14.4 Å². The molecule has 1 aromatic carbocycles. The Kier molecular flexibility index (Phi) is 3.53. The topological polar surface area (TPSA) is 61.0 Å². The number of anilines is 1. The van der Waals surface area contributed by atoms with Crippen molar-refractivity contribution in [2.75, 3.05) is 12.8 Å². The van der Waals surface area contributed by atoms with Crippen LogP contribution >= 0.6 is 11.3 Å². The summed E-state index contributed by atoms with van der Waals surface area (Å²) in [4.78, 5) is 8.54. The van der Waals surface area contributed by atoms with Gasteiger partial charge in [-0.15, -0.1) is 11.3 Å². The third-order valence-corrected chi connectivity index (χ3v) is 3.90. The molecule has 0 aliphatic carbocycles. The maximum Gasteiger partial charge on any atom is 0.165 e. The van der Waals surface area contributed by atoms with E-state index in [-0.39, 0.29) is 5.75 Å². The highest BCUT2D eigenvalue weighted by molar-refractivity contribution is 7.13. The van der Waals surface area contributed by atoms with E-state index >= 15 is 0 Å². The van der Waals surface area contributed by atoms with E-state index in [0.717, 1.165) is 10.6 Å². The van der Waals surface area contributed by atoms with E-state index in [1.807, 2.05) is 11.4 Å². The van der Waals surface area contributed by atoms with Gasteiger partial charge in [0.05, 0.1) is 18.4 Å². The predicted octanol–water partition coefficient (Wildman–Crippen LogP) is 3.60. The first-order chi connectivity index (χ1) is 10.2. The molecule has 0 bridgehead atoms. The number of hydrogen-bond acceptors (Lipinski definition) is 5. The van der Waals surface area contributed by atoms with Crippen molar-refractivity contribution < 1.29 is 9.13 Å². The first-order valence-corrected chi connectivity index (χ1v) is 7.07. The SMILES string of the molecule is COc1ccc(-c2csc(-c3cccnc3N)n2)cc1F. The van der Waals surface area contributed by atoms with Crippen LogP contribution < -0.4 is 10.5 Å². The van der Waals surface area contributed by atoms with Gasteiger partial charge in [0.2, 0.25) is 0 Å². The fourth-order valence-electron chi connectivity index (χ4n) is 1.95. The van der Waals surface area contributed by atoms with Crippen LogP contribution in [-0.4, -0.2) is 17.1 Å². The molecule has 0 amide bonds. The Bertz CT molecular complexity index is 788. The first-order valence-electron chi connectivity index (χ1n) is 6.19. The molecule has 3 rings (SSSR count). The summed E-state index contributed by atoms with van der Waals surface area (Å²) in [6.45, 7) is 0. The van der Waals surface area contributed by atoms with Gasteiger partial charge in [0, 0.05) is 17.1 Å². The molecule has 0 unspecified atom stereocenters. The van der Waals surface area contributed by atoms with Crippen molar-refractivity contribution >= 4 is 17.2 Å². The summed E-state index contributed by atoms with van der Waals surface area (Å²) in [5.41, 5.74) is 8.01. The van der Waals surface area contributed by atoms with E-state index in [1.165, 1.54) is 24.5 Å². The summed E-state index contributed by atoms with van der Waals surface area (Å²) in [7, 11) is 1.43. The standard InChI is InChI=1S/C15H12FN3OS/c1-20-13-5-4-9(7-11(13)16)12-8-21-15(19-12)10-3-2-6-18-14(10)17/h2-8H,1H3,(H2,17,18). The maximum absolute atomic E-state index is 13.8. The summed E-state index contributed by atoms with van der Waals surface area (Å²) in [5, 5.41) is 2.62. The molecule has 106 valence electrons. The minimum Gasteiger partial charge on any atom is -0.494 e. The van der Waals surface area contributed by atoms with Crippen LogP contribution in [0.3, 0.4) is 0 Å². The molecule has 0 radical (unpaired) electrons. The number of benzene rings is 1. The minimum atomic E-state index is -0.412. The Labute approximate surface area is 125 Å². The molecule has 3 aromatic rings. The zero-order valence-electron chi connectivity index (χ0n) is 11.2. The largest absolute Gasteiger partial charge is 0.494 e. The summed E-state index contributed by atoms with van der Waals surface area (Å²) < 4.78 is 18.7. The molecule has 2 N–H and O–H groups in total. The van der Waals surface area contributed by atoms with Crippen LogP contribution in [0.25, 0.3) is 21.8 Å². The van der Waals surface area contributed by atoms with Crippen LogP contribution in [0, 0.1) is 5.82 Å². The van der Waals surface area contributed by atoms with Crippen molar-refractivity contribution in [1.82, 2.24) is 9.97 Å². The van der Waals surface area contributed by atoms with Crippen LogP contribution in [0.1, 0.15) is 0 Å². The first kappa shape index (κ1) is 13.5. The molecule has 0 aliphatic heterocycles. The van der Waals surface area contributed by atoms with E-state index < -0.39 is 5.82 Å². The van der Waals surface area contributed by atoms with Gasteiger partial charge in [-0.1, -0.05) is 0 Å². The van der Waals surface area contributed by atoms with Crippen LogP contribution in [0.2, 0.25) is 0 Å². The second-order valence-electron chi connectivity index (χ2n) is 4.32. The van der Waals surface area contributed by atoms with Crippen LogP contribution in [0.15, 0.2) is 41.9 Å². The molecule has 0 aliphatic rings. The number of aromatic nitrogens is 2. The molecule has 2 aromatic heterocycles. The van der Waals surface area contributed by atoms with Gasteiger partial charge in [0.1, 0.15) is 10.8 Å². The molecule has 0 spiro atoms. The highest BCUT2D eigenvalue weighted by Gasteiger charge is 2.11. The van der Waals surface area contributed by atoms with Gasteiger partial charge in [-0.05, 0) is 30.3 Å². The summed E-state index contributed by atoms with van der Waals surface area (Å²) >= 11 is 1.44. The maximum atomic E-state index is 13.8. The molecule has 0 saturated heterocycles. The Morgan fingerprint density at radius 1 is 1.29 bits per heavy atom. The third-order valence-electron chi connectivity index (χ3n) is 3.02. The lowest BCUT2D eigenvalue weighted by atomic mass is 10.1. The van der Waals surface area contributed by atoms with Crippen LogP contribution in [0.5, 0.6) is 5.75 Å². The Hall–Kier alpha value is -2.47. The monoisotopic (exact) mass is 301 g/mol. The van der Waals surface area contributed by atoms with Crippen molar-refractivity contribution in [2.45, 2.75) is 0 Å². The number of ether oxygens (including phenoxy) is 1. The number of nitrogens with two attached hydrogens (primary N) is 1. The molecule has 4 nitrogen and oxygen atoms in total. The van der Waals surface area contributed by atoms with Gasteiger partial charge in [0.25, 0.3) is 0 Å². The predicted molar refractivity (Wildman–Crippen MR) is 81.7 cm³/mol. The van der Waals surface area contributed by atoms with E-state index in [4.69, 9.17) is 10.5 Å². The van der Waals surface area contributed by atoms with Crippen LogP contribution in [-0.2, 0) is 0 Å². The van der Waals surface area contributed by atoms with Crippen LogP contribution in [0.4, 0.5) is 10.2 Å². The number of nitrogen functional groups attached to an aromatic ring is 1. The second kappa shape index (κ2) is 5.49. The fourth-order valence-corrected chi connectivity index (χ4v) is 2.82. The number of hydrogen-bond donors (Lipinski definition) is 1. The number of rotatable bonds is 3. The second-order valence-corrected chi connectivity index (χ2v) is 5.18. The van der Waals surface area contributed by atoms with E-state index in [0.29, 0.717) is 17.1 Å². The van der Waals surface area contributed by atoms with E-state index in [9.17, 15) is 4.39 Å². The van der Waals surface area contributed by atoms with Crippen molar-refractivity contribution in [3.8, 4) is 27.6 Å². The fraction of sp³-hybridized carbons (Fsp3) is 0.0667. The molecule has 6 heteroatoms. The number of thiazole rings is 1. The quantitative estimate of drug-likeness (QED) is 0.803. The zero-order valence-corrected chi connectivity index (χ0v) is 12.0. The highest BCUT2D eigenvalue weighted by Crippen LogP contribution is 2.32. The highest BCUT2D eigenvalue weighted by atomic mass is 32.1. The Morgan fingerprint density at radius 3 is 2.86 bits per heavy atom. The van der Waals surface area contributed by atoms with E-state index in [2.05, 4.69) is 9.97 Å². The normalized spacial score (nSPS) is 10.6. The van der Waals surface area contributed by atoms with Gasteiger partial charge in [0.15, 0.2) is 11.6 Å².